The molecule has 0 aliphatic heterocycles. The van der Waals surface area contributed by atoms with Crippen LogP contribution in [0.2, 0.25) is 5.02 Å². The number of nitrogens with zero attached hydrogens (tertiary/aromatic N) is 2. The number of amides is 1. The fraction of sp³-hybridized carbons (Fsp3) is 0.0357. The molecule has 5 rings (SSSR count). The summed E-state index contributed by atoms with van der Waals surface area (Å²) in [6, 6.07) is 26.0. The Morgan fingerprint density at radius 1 is 1.00 bits per heavy atom. The van der Waals surface area contributed by atoms with Crippen LogP contribution in [0.1, 0.15) is 5.56 Å². The van der Waals surface area contributed by atoms with Gasteiger partial charge < -0.3 is 14.5 Å². The number of esters is 1. The minimum absolute atomic E-state index is 0.394. The van der Waals surface area contributed by atoms with Crippen molar-refractivity contribution in [2.24, 2.45) is 0 Å². The Balaban J connectivity index is 1.34. The van der Waals surface area contributed by atoms with E-state index in [9.17, 15) is 9.59 Å². The van der Waals surface area contributed by atoms with Gasteiger partial charge in [-0.2, -0.15) is 5.10 Å². The highest BCUT2D eigenvalue weighted by Gasteiger charge is 2.16. The Labute approximate surface area is 211 Å². The van der Waals surface area contributed by atoms with Crippen molar-refractivity contribution < 1.29 is 18.7 Å². The predicted molar refractivity (Wildman–Crippen MR) is 139 cm³/mol. The summed E-state index contributed by atoms with van der Waals surface area (Å²) in [6.45, 7) is -0.450. The number of ether oxygens (including phenoxy) is 1. The lowest BCUT2D eigenvalue weighted by Gasteiger charge is -2.06. The summed E-state index contributed by atoms with van der Waals surface area (Å²) < 4.78 is 12.8. The Bertz CT molecular complexity index is 1540. The van der Waals surface area contributed by atoms with E-state index in [1.54, 1.807) is 41.2 Å². The lowest BCUT2D eigenvalue weighted by Crippen LogP contribution is -2.20. The Hall–Kier alpha value is -4.62. The third-order valence-corrected chi connectivity index (χ3v) is 5.64. The molecule has 2 aromatic heterocycles. The number of halogens is 1. The smallest absolute Gasteiger partial charge is 0.331 e. The van der Waals surface area contributed by atoms with E-state index in [-0.39, 0.29) is 0 Å². The Kier molecular flexibility index (Phi) is 6.64. The number of fused-ring (bicyclic) bond motifs is 1. The van der Waals surface area contributed by atoms with Gasteiger partial charge in [0.05, 0.1) is 16.4 Å². The number of hydrogen-bond acceptors (Lipinski definition) is 5. The SMILES string of the molecule is O=C(COC(=O)C=Cc1cn(-c2ccccc2)nc1-c1cc2ccccc2o1)Nc1ccccc1Cl. The molecule has 7 nitrogen and oxygen atoms in total. The van der Waals surface area contributed by atoms with Crippen molar-refractivity contribution in [2.75, 3.05) is 11.9 Å². The van der Waals surface area contributed by atoms with Crippen LogP contribution < -0.4 is 5.32 Å². The minimum atomic E-state index is -0.674. The highest BCUT2D eigenvalue weighted by Crippen LogP contribution is 2.30. The van der Waals surface area contributed by atoms with Crippen LogP contribution in [0.3, 0.4) is 0 Å². The largest absolute Gasteiger partial charge is 0.454 e. The van der Waals surface area contributed by atoms with Gasteiger partial charge in [0.1, 0.15) is 11.3 Å². The fourth-order valence-corrected chi connectivity index (χ4v) is 3.79. The molecule has 0 bridgehead atoms. The van der Waals surface area contributed by atoms with Gasteiger partial charge in [0.15, 0.2) is 12.4 Å². The molecule has 0 spiro atoms. The fourth-order valence-electron chi connectivity index (χ4n) is 3.60. The molecule has 0 fully saturated rings. The van der Waals surface area contributed by atoms with Gasteiger partial charge >= 0.3 is 5.97 Å². The van der Waals surface area contributed by atoms with E-state index in [0.29, 0.717) is 27.7 Å². The molecule has 0 aliphatic rings. The molecular weight excluding hydrogens is 478 g/mol. The molecule has 0 saturated carbocycles. The van der Waals surface area contributed by atoms with Crippen LogP contribution in [-0.4, -0.2) is 28.3 Å². The molecule has 2 heterocycles. The molecule has 178 valence electrons. The second-order valence-corrected chi connectivity index (χ2v) is 8.24. The first-order valence-electron chi connectivity index (χ1n) is 11.1. The first kappa shape index (κ1) is 23.1. The van der Waals surface area contributed by atoms with Crippen LogP contribution in [0.15, 0.2) is 102 Å². The number of para-hydroxylation sites is 3. The molecule has 0 aliphatic carbocycles. The van der Waals surface area contributed by atoms with Crippen LogP contribution in [0.5, 0.6) is 0 Å². The molecule has 8 heteroatoms. The van der Waals surface area contributed by atoms with E-state index in [0.717, 1.165) is 16.7 Å². The van der Waals surface area contributed by atoms with Gasteiger partial charge in [-0.05, 0) is 42.5 Å². The first-order valence-corrected chi connectivity index (χ1v) is 11.5. The Morgan fingerprint density at radius 2 is 1.75 bits per heavy atom. The lowest BCUT2D eigenvalue weighted by atomic mass is 10.2. The number of aromatic nitrogens is 2. The van der Waals surface area contributed by atoms with Crippen LogP contribution in [0.4, 0.5) is 5.69 Å². The summed E-state index contributed by atoms with van der Waals surface area (Å²) in [6.07, 6.45) is 4.64. The van der Waals surface area contributed by atoms with Crippen LogP contribution in [0.25, 0.3) is 34.2 Å². The molecule has 0 unspecified atom stereocenters. The van der Waals surface area contributed by atoms with Crippen molar-refractivity contribution in [2.45, 2.75) is 0 Å². The number of nitrogens with one attached hydrogen (secondary N) is 1. The van der Waals surface area contributed by atoms with Crippen LogP contribution >= 0.6 is 11.6 Å². The van der Waals surface area contributed by atoms with Crippen molar-refractivity contribution in [3.05, 3.63) is 108 Å². The summed E-state index contributed by atoms with van der Waals surface area (Å²) in [5.74, 6) is -0.602. The molecule has 0 atom stereocenters. The van der Waals surface area contributed by atoms with Gasteiger partial charge in [-0.15, -0.1) is 0 Å². The highest BCUT2D eigenvalue weighted by molar-refractivity contribution is 6.33. The number of furan rings is 1. The maximum Gasteiger partial charge on any atom is 0.331 e. The highest BCUT2D eigenvalue weighted by atomic mass is 35.5. The van der Waals surface area contributed by atoms with Crippen molar-refractivity contribution >= 4 is 46.2 Å². The van der Waals surface area contributed by atoms with E-state index in [2.05, 4.69) is 5.32 Å². The standard InChI is InChI=1S/C28H20ClN3O4/c29-22-11-5-6-12-23(22)30-26(33)18-35-27(34)15-14-20-17-32(21-9-2-1-3-10-21)31-28(20)25-16-19-8-4-7-13-24(19)36-25/h1-17H,18H2,(H,30,33). The van der Waals surface area contributed by atoms with Crippen molar-refractivity contribution in [3.63, 3.8) is 0 Å². The number of rotatable bonds is 7. The van der Waals surface area contributed by atoms with Crippen LogP contribution in [-0.2, 0) is 14.3 Å². The molecule has 0 radical (unpaired) electrons. The monoisotopic (exact) mass is 497 g/mol. The van der Waals surface area contributed by atoms with Crippen molar-refractivity contribution in [1.29, 1.82) is 0 Å². The number of anilines is 1. The first-order chi connectivity index (χ1) is 17.6. The second kappa shape index (κ2) is 10.3. The number of carbonyl (C=O) groups is 2. The molecule has 36 heavy (non-hydrogen) atoms. The average Bonchev–Trinajstić information content (AvgIpc) is 3.52. The minimum Gasteiger partial charge on any atom is -0.454 e. The van der Waals surface area contributed by atoms with Gasteiger partial charge in [0.25, 0.3) is 5.91 Å². The summed E-state index contributed by atoms with van der Waals surface area (Å²) in [4.78, 5) is 24.5. The topological polar surface area (TPSA) is 86.4 Å². The summed E-state index contributed by atoms with van der Waals surface area (Å²) in [5, 5.41) is 8.64. The van der Waals surface area contributed by atoms with Crippen molar-refractivity contribution in [3.8, 4) is 17.1 Å². The van der Waals surface area contributed by atoms with Gasteiger partial charge in [-0.3, -0.25) is 4.79 Å². The van der Waals surface area contributed by atoms with E-state index in [1.165, 1.54) is 6.08 Å². The summed E-state index contributed by atoms with van der Waals surface area (Å²) in [7, 11) is 0. The second-order valence-electron chi connectivity index (χ2n) is 7.83. The molecule has 3 aromatic carbocycles. The van der Waals surface area contributed by atoms with E-state index in [1.807, 2.05) is 60.7 Å². The zero-order valence-electron chi connectivity index (χ0n) is 18.9. The number of benzene rings is 3. The maximum atomic E-state index is 12.3. The Morgan fingerprint density at radius 3 is 2.56 bits per heavy atom. The molecule has 1 N–H and O–H groups in total. The normalized spacial score (nSPS) is 11.1. The molecule has 1 amide bonds. The number of hydrogen-bond donors (Lipinski definition) is 1. The van der Waals surface area contributed by atoms with Gasteiger partial charge in [-0.25, -0.2) is 9.48 Å². The van der Waals surface area contributed by atoms with Gasteiger partial charge in [0, 0.05) is 23.2 Å². The van der Waals surface area contributed by atoms with E-state index in [4.69, 9.17) is 25.9 Å². The van der Waals surface area contributed by atoms with E-state index >= 15 is 0 Å². The maximum absolute atomic E-state index is 12.3. The summed E-state index contributed by atoms with van der Waals surface area (Å²) >= 11 is 6.04. The third-order valence-electron chi connectivity index (χ3n) is 5.31. The van der Waals surface area contributed by atoms with Crippen molar-refractivity contribution in [1.82, 2.24) is 9.78 Å². The average molecular weight is 498 g/mol. The number of carbonyl (C=O) groups excluding carboxylic acids is 2. The molecule has 0 saturated heterocycles. The molecule has 5 aromatic rings. The van der Waals surface area contributed by atoms with Gasteiger partial charge in [-0.1, -0.05) is 60.1 Å². The zero-order chi connectivity index (χ0) is 24.9. The predicted octanol–water partition coefficient (Wildman–Crippen LogP) is 6.13. The third kappa shape index (κ3) is 5.21. The zero-order valence-corrected chi connectivity index (χ0v) is 19.7. The quantitative estimate of drug-likeness (QED) is 0.216. The van der Waals surface area contributed by atoms with Crippen LogP contribution in [0, 0.1) is 0 Å². The molecular formula is C28H20ClN3O4. The summed E-state index contributed by atoms with van der Waals surface area (Å²) in [5.41, 5.74) is 3.25. The lowest BCUT2D eigenvalue weighted by molar-refractivity contribution is -0.142. The van der Waals surface area contributed by atoms with E-state index < -0.39 is 18.5 Å². The van der Waals surface area contributed by atoms with Gasteiger partial charge in [0.2, 0.25) is 0 Å².